The molecule has 1 aliphatic heterocycles. The fraction of sp³-hybridized carbons (Fsp3) is 0.281. The van der Waals surface area contributed by atoms with Crippen molar-refractivity contribution in [3.8, 4) is 11.3 Å². The lowest BCUT2D eigenvalue weighted by atomic mass is 9.93. The predicted molar refractivity (Wildman–Crippen MR) is 164 cm³/mol. The first kappa shape index (κ1) is 29.7. The van der Waals surface area contributed by atoms with E-state index in [4.69, 9.17) is 21.8 Å². The van der Waals surface area contributed by atoms with Crippen LogP contribution in [0.1, 0.15) is 52.4 Å². The van der Waals surface area contributed by atoms with Gasteiger partial charge in [-0.15, -0.1) is 0 Å². The van der Waals surface area contributed by atoms with Crippen LogP contribution in [0.25, 0.3) is 11.3 Å². The number of piperidine rings is 1. The summed E-state index contributed by atoms with van der Waals surface area (Å²) in [5.41, 5.74) is 5.43. The number of carbonyl (C=O) groups is 2. The van der Waals surface area contributed by atoms with Crippen LogP contribution in [0.2, 0.25) is 5.02 Å². The number of aliphatic carboxylic acids is 1. The molecule has 1 aromatic heterocycles. The van der Waals surface area contributed by atoms with Crippen LogP contribution in [0.3, 0.4) is 0 Å². The minimum atomic E-state index is -1.18. The number of carboxylic acids is 1. The Kier molecular flexibility index (Phi) is 9.51. The lowest BCUT2D eigenvalue weighted by molar-refractivity contribution is -0.136. The molecule has 1 atom stereocenters. The molecular weight excluding hydrogens is 572 g/mol. The summed E-state index contributed by atoms with van der Waals surface area (Å²) in [6, 6.07) is 24.9. The van der Waals surface area contributed by atoms with Crippen LogP contribution in [0.5, 0.6) is 0 Å². The normalized spacial score (nSPS) is 14.9. The number of aryl methyl sites for hydroxylation is 1. The topological polar surface area (TPSA) is 105 Å². The van der Waals surface area contributed by atoms with E-state index in [0.29, 0.717) is 30.2 Å². The summed E-state index contributed by atoms with van der Waals surface area (Å²) in [6.45, 7) is 4.04. The molecule has 3 aromatic carbocycles. The van der Waals surface area contributed by atoms with Gasteiger partial charge >= 0.3 is 5.97 Å². The van der Waals surface area contributed by atoms with Crippen LogP contribution in [-0.4, -0.2) is 54.9 Å². The maximum Gasteiger partial charge on any atom is 0.305 e. The lowest BCUT2D eigenvalue weighted by Gasteiger charge is -2.31. The summed E-state index contributed by atoms with van der Waals surface area (Å²) in [7, 11) is -1.18. The van der Waals surface area contributed by atoms with Gasteiger partial charge in [0.2, 0.25) is 0 Å². The van der Waals surface area contributed by atoms with Crippen molar-refractivity contribution >= 4 is 34.5 Å². The Morgan fingerprint density at radius 1 is 1.02 bits per heavy atom. The molecule has 1 saturated heterocycles. The summed E-state index contributed by atoms with van der Waals surface area (Å²) in [5, 5.41) is 17.1. The second-order valence-electron chi connectivity index (χ2n) is 10.5. The number of rotatable bonds is 10. The Hall–Kier alpha value is -3.79. The Labute approximate surface area is 252 Å². The molecule has 4 aromatic rings. The smallest absolute Gasteiger partial charge is 0.305 e. The molecule has 1 aliphatic rings. The number of hydrogen-bond donors (Lipinski definition) is 2. The van der Waals surface area contributed by atoms with Gasteiger partial charge in [0.25, 0.3) is 5.91 Å². The van der Waals surface area contributed by atoms with E-state index in [1.165, 1.54) is 0 Å². The van der Waals surface area contributed by atoms with Crippen LogP contribution in [0.15, 0.2) is 83.8 Å². The summed E-state index contributed by atoms with van der Waals surface area (Å²) in [5.74, 6) is -1.02. The van der Waals surface area contributed by atoms with Gasteiger partial charge in [-0.25, -0.2) is 8.51 Å². The minimum Gasteiger partial charge on any atom is -0.481 e. The van der Waals surface area contributed by atoms with Crippen LogP contribution in [-0.2, 0) is 22.3 Å². The van der Waals surface area contributed by atoms with Crippen molar-refractivity contribution in [3.63, 3.8) is 0 Å². The quantitative estimate of drug-likeness (QED) is 0.243. The number of carbonyl (C=O) groups excluding carboxylic acids is 1. The zero-order chi connectivity index (χ0) is 29.6. The van der Waals surface area contributed by atoms with Gasteiger partial charge in [-0.1, -0.05) is 41.9 Å². The molecule has 1 fully saturated rings. The Balaban J connectivity index is 1.35. The van der Waals surface area contributed by atoms with E-state index in [2.05, 4.69) is 17.4 Å². The summed E-state index contributed by atoms with van der Waals surface area (Å²) >= 11 is 6.38. The van der Waals surface area contributed by atoms with E-state index in [0.717, 1.165) is 45.8 Å². The highest BCUT2D eigenvalue weighted by atomic mass is 35.5. The minimum absolute atomic E-state index is 0.0794. The van der Waals surface area contributed by atoms with Crippen molar-refractivity contribution in [2.45, 2.75) is 43.5 Å². The summed E-state index contributed by atoms with van der Waals surface area (Å²) in [6.07, 6.45) is 1.59. The van der Waals surface area contributed by atoms with E-state index in [1.807, 2.05) is 70.5 Å². The Morgan fingerprint density at radius 3 is 2.40 bits per heavy atom. The second-order valence-corrected chi connectivity index (χ2v) is 12.4. The maximum atomic E-state index is 13.1. The molecule has 0 bridgehead atoms. The van der Waals surface area contributed by atoms with E-state index >= 15 is 0 Å². The van der Waals surface area contributed by atoms with Crippen LogP contribution < -0.4 is 5.32 Å². The first-order valence-corrected chi connectivity index (χ1v) is 15.4. The van der Waals surface area contributed by atoms with Gasteiger partial charge in [0.05, 0.1) is 23.6 Å². The molecule has 10 heteroatoms. The third-order valence-electron chi connectivity index (χ3n) is 7.37. The first-order chi connectivity index (χ1) is 20.3. The van der Waals surface area contributed by atoms with Crippen LogP contribution >= 0.6 is 11.6 Å². The van der Waals surface area contributed by atoms with E-state index < -0.39 is 17.0 Å². The second kappa shape index (κ2) is 13.5. The van der Waals surface area contributed by atoms with Crippen molar-refractivity contribution in [1.82, 2.24) is 19.4 Å². The molecule has 5 rings (SSSR count). The molecule has 0 radical (unpaired) electrons. The molecule has 0 saturated carbocycles. The van der Waals surface area contributed by atoms with Crippen LogP contribution in [0.4, 0.5) is 0 Å². The van der Waals surface area contributed by atoms with E-state index in [9.17, 15) is 13.8 Å². The molecular formula is C32H33ClN4O4S. The molecule has 8 nitrogen and oxygen atoms in total. The fourth-order valence-corrected chi connectivity index (χ4v) is 6.75. The van der Waals surface area contributed by atoms with Crippen LogP contribution in [0, 0.1) is 6.92 Å². The van der Waals surface area contributed by atoms with Gasteiger partial charge in [0.1, 0.15) is 11.0 Å². The predicted octanol–water partition coefficient (Wildman–Crippen LogP) is 5.67. The van der Waals surface area contributed by atoms with Gasteiger partial charge in [-0.3, -0.25) is 14.3 Å². The molecule has 0 spiro atoms. The number of hydrogen-bond acceptors (Lipinski definition) is 4. The maximum absolute atomic E-state index is 13.1. The van der Waals surface area contributed by atoms with E-state index in [-0.39, 0.29) is 24.8 Å². The number of carboxylic acid groups (broad SMARTS) is 1. The Bertz CT molecular complexity index is 1560. The van der Waals surface area contributed by atoms with Crippen molar-refractivity contribution in [3.05, 3.63) is 106 Å². The molecule has 2 heterocycles. The third-order valence-corrected chi connectivity index (χ3v) is 9.10. The van der Waals surface area contributed by atoms with Crippen molar-refractivity contribution < 1.29 is 18.9 Å². The highest BCUT2D eigenvalue weighted by molar-refractivity contribution is 7.82. The first-order valence-electron chi connectivity index (χ1n) is 13.9. The SMILES string of the molecule is Cc1cc(Cl)cc(-c2cc(C3CCN(S(=O)c4ccccc4)CC3)n(Cc3ccc(C(=O)NCCC(=O)O)cc3)n2)c1. The zero-order valence-corrected chi connectivity index (χ0v) is 24.9. The van der Waals surface area contributed by atoms with Crippen molar-refractivity contribution in [2.24, 2.45) is 0 Å². The largest absolute Gasteiger partial charge is 0.481 e. The fourth-order valence-electron chi connectivity index (χ4n) is 5.23. The van der Waals surface area contributed by atoms with E-state index in [1.54, 1.807) is 12.1 Å². The van der Waals surface area contributed by atoms with Gasteiger partial charge in [0, 0.05) is 47.4 Å². The highest BCUT2D eigenvalue weighted by Gasteiger charge is 2.28. The number of halogens is 1. The molecule has 1 amide bonds. The number of aromatic nitrogens is 2. The molecule has 0 aliphatic carbocycles. The van der Waals surface area contributed by atoms with Gasteiger partial charge in [0.15, 0.2) is 0 Å². The van der Waals surface area contributed by atoms with Gasteiger partial charge < -0.3 is 10.4 Å². The standard InChI is InChI=1S/C32H33ClN4O4S/c1-22-17-26(19-27(33)18-22)29-20-30(24-12-15-36(16-13-24)42(41)28-5-3-2-4-6-28)37(35-29)21-23-7-9-25(10-8-23)32(40)34-14-11-31(38)39/h2-10,17-20,24H,11-16,21H2,1H3,(H,34,40)(H,38,39). The number of nitrogens with one attached hydrogen (secondary N) is 1. The Morgan fingerprint density at radius 2 is 1.74 bits per heavy atom. The lowest BCUT2D eigenvalue weighted by Crippen LogP contribution is -2.35. The molecule has 1 unspecified atom stereocenters. The average molecular weight is 605 g/mol. The number of nitrogens with zero attached hydrogens (tertiary/aromatic N) is 3. The highest BCUT2D eigenvalue weighted by Crippen LogP contribution is 2.33. The van der Waals surface area contributed by atoms with Gasteiger partial charge in [-0.2, -0.15) is 5.10 Å². The van der Waals surface area contributed by atoms with Crippen molar-refractivity contribution in [2.75, 3.05) is 19.6 Å². The van der Waals surface area contributed by atoms with Crippen molar-refractivity contribution in [1.29, 1.82) is 0 Å². The van der Waals surface area contributed by atoms with Gasteiger partial charge in [-0.05, 0) is 79.4 Å². The summed E-state index contributed by atoms with van der Waals surface area (Å²) < 4.78 is 17.2. The average Bonchev–Trinajstić information content (AvgIpc) is 3.41. The zero-order valence-electron chi connectivity index (χ0n) is 23.3. The summed E-state index contributed by atoms with van der Waals surface area (Å²) in [4.78, 5) is 23.9. The number of amides is 1. The third kappa shape index (κ3) is 7.34. The monoisotopic (exact) mass is 604 g/mol. The molecule has 42 heavy (non-hydrogen) atoms. The molecule has 2 N–H and O–H groups in total. The molecule has 218 valence electrons. The number of benzene rings is 3.